The molecule has 0 fully saturated rings. The zero-order valence-corrected chi connectivity index (χ0v) is 12.1. The van der Waals surface area contributed by atoms with Gasteiger partial charge in [0.1, 0.15) is 5.75 Å². The van der Waals surface area contributed by atoms with Gasteiger partial charge in [0.15, 0.2) is 0 Å². The van der Waals surface area contributed by atoms with Crippen LogP contribution in [-0.4, -0.2) is 23.1 Å². The number of carbonyl (C=O) groups excluding carboxylic acids is 1. The molecule has 0 aliphatic heterocycles. The Morgan fingerprint density at radius 3 is 2.42 bits per heavy atom. The van der Waals surface area contributed by atoms with Crippen LogP contribution in [0, 0.1) is 0 Å². The van der Waals surface area contributed by atoms with Crippen molar-refractivity contribution in [2.45, 2.75) is 52.2 Å². The molecule has 0 aliphatic rings. The van der Waals surface area contributed by atoms with Crippen molar-refractivity contribution in [2.24, 2.45) is 0 Å². The van der Waals surface area contributed by atoms with Crippen LogP contribution in [0.1, 0.15) is 45.7 Å². The summed E-state index contributed by atoms with van der Waals surface area (Å²) in [6.07, 6.45) is 0.802. The SMILES string of the molecule is CCC(NC(C)C(=O)NC(C)C)c1ccccc1O. The topological polar surface area (TPSA) is 61.4 Å². The first-order chi connectivity index (χ1) is 8.95. The summed E-state index contributed by atoms with van der Waals surface area (Å²) in [7, 11) is 0. The molecule has 106 valence electrons. The summed E-state index contributed by atoms with van der Waals surface area (Å²) in [4.78, 5) is 11.9. The third kappa shape index (κ3) is 4.56. The molecular weight excluding hydrogens is 240 g/mol. The molecule has 1 amide bonds. The first kappa shape index (κ1) is 15.5. The number of hydrogen-bond donors (Lipinski definition) is 3. The number of phenols is 1. The number of amides is 1. The molecule has 0 aromatic heterocycles. The standard InChI is InChI=1S/C15H24N2O2/c1-5-13(12-8-6-7-9-14(12)18)17-11(4)15(19)16-10(2)3/h6-11,13,17-18H,5H2,1-4H3,(H,16,19). The lowest BCUT2D eigenvalue weighted by Gasteiger charge is -2.23. The van der Waals surface area contributed by atoms with Gasteiger partial charge in [0.05, 0.1) is 6.04 Å². The van der Waals surface area contributed by atoms with Crippen LogP contribution < -0.4 is 10.6 Å². The predicted octanol–water partition coefficient (Wildman–Crippen LogP) is 2.35. The van der Waals surface area contributed by atoms with E-state index in [9.17, 15) is 9.90 Å². The highest BCUT2D eigenvalue weighted by Gasteiger charge is 2.20. The second kappa shape index (κ2) is 7.14. The number of benzene rings is 1. The molecule has 1 rings (SSSR count). The Labute approximate surface area is 115 Å². The van der Waals surface area contributed by atoms with Crippen LogP contribution in [0.25, 0.3) is 0 Å². The van der Waals surface area contributed by atoms with Crippen LogP contribution in [-0.2, 0) is 4.79 Å². The van der Waals surface area contributed by atoms with Gasteiger partial charge in [0.2, 0.25) is 5.91 Å². The summed E-state index contributed by atoms with van der Waals surface area (Å²) in [5, 5.41) is 16.0. The Morgan fingerprint density at radius 1 is 1.26 bits per heavy atom. The Morgan fingerprint density at radius 2 is 1.89 bits per heavy atom. The molecule has 1 aromatic rings. The van der Waals surface area contributed by atoms with Gasteiger partial charge in [0, 0.05) is 17.6 Å². The maximum absolute atomic E-state index is 11.9. The molecule has 0 saturated heterocycles. The van der Waals surface area contributed by atoms with Crippen molar-refractivity contribution in [1.82, 2.24) is 10.6 Å². The molecule has 0 bridgehead atoms. The van der Waals surface area contributed by atoms with E-state index in [1.54, 1.807) is 12.1 Å². The van der Waals surface area contributed by atoms with Gasteiger partial charge in [0.25, 0.3) is 0 Å². The fourth-order valence-corrected chi connectivity index (χ4v) is 2.00. The van der Waals surface area contributed by atoms with Gasteiger partial charge in [-0.25, -0.2) is 0 Å². The third-order valence-electron chi connectivity index (χ3n) is 3.00. The smallest absolute Gasteiger partial charge is 0.237 e. The Balaban J connectivity index is 2.72. The third-order valence-corrected chi connectivity index (χ3v) is 3.00. The predicted molar refractivity (Wildman–Crippen MR) is 77.0 cm³/mol. The van der Waals surface area contributed by atoms with Crippen molar-refractivity contribution >= 4 is 5.91 Å². The summed E-state index contributed by atoms with van der Waals surface area (Å²) in [6, 6.07) is 7.02. The Bertz CT molecular complexity index is 418. The quantitative estimate of drug-likeness (QED) is 0.739. The number of aromatic hydroxyl groups is 1. The van der Waals surface area contributed by atoms with Gasteiger partial charge in [-0.3, -0.25) is 10.1 Å². The fourth-order valence-electron chi connectivity index (χ4n) is 2.00. The molecular formula is C15H24N2O2. The molecule has 4 nitrogen and oxygen atoms in total. The van der Waals surface area contributed by atoms with Crippen molar-refractivity contribution < 1.29 is 9.90 Å². The first-order valence-electron chi connectivity index (χ1n) is 6.80. The van der Waals surface area contributed by atoms with Crippen molar-refractivity contribution in [3.63, 3.8) is 0 Å². The lowest BCUT2D eigenvalue weighted by Crippen LogP contribution is -2.45. The molecule has 19 heavy (non-hydrogen) atoms. The van der Waals surface area contributed by atoms with Gasteiger partial charge in [-0.15, -0.1) is 0 Å². The average molecular weight is 264 g/mol. The summed E-state index contributed by atoms with van der Waals surface area (Å²) < 4.78 is 0. The van der Waals surface area contributed by atoms with Crippen LogP contribution >= 0.6 is 0 Å². The molecule has 0 heterocycles. The summed E-state index contributed by atoms with van der Waals surface area (Å²) in [6.45, 7) is 7.73. The zero-order chi connectivity index (χ0) is 14.4. The molecule has 4 heteroatoms. The van der Waals surface area contributed by atoms with Gasteiger partial charge in [-0.2, -0.15) is 0 Å². The molecule has 2 atom stereocenters. The van der Waals surface area contributed by atoms with Gasteiger partial charge in [-0.05, 0) is 33.3 Å². The van der Waals surface area contributed by atoms with Crippen LogP contribution in [0.4, 0.5) is 0 Å². The van der Waals surface area contributed by atoms with Gasteiger partial charge < -0.3 is 10.4 Å². The average Bonchev–Trinajstić information content (AvgIpc) is 2.35. The lowest BCUT2D eigenvalue weighted by atomic mass is 10.0. The highest BCUT2D eigenvalue weighted by atomic mass is 16.3. The monoisotopic (exact) mass is 264 g/mol. The minimum absolute atomic E-state index is 0.0242. The van der Waals surface area contributed by atoms with Crippen LogP contribution in [0.3, 0.4) is 0 Å². The lowest BCUT2D eigenvalue weighted by molar-refractivity contribution is -0.123. The van der Waals surface area contributed by atoms with Crippen molar-refractivity contribution in [2.75, 3.05) is 0 Å². The van der Waals surface area contributed by atoms with Gasteiger partial charge in [-0.1, -0.05) is 25.1 Å². The number of phenolic OH excluding ortho intramolecular Hbond substituents is 1. The van der Waals surface area contributed by atoms with E-state index < -0.39 is 0 Å². The summed E-state index contributed by atoms with van der Waals surface area (Å²) >= 11 is 0. The Hall–Kier alpha value is -1.55. The van der Waals surface area contributed by atoms with E-state index in [1.165, 1.54) is 0 Å². The van der Waals surface area contributed by atoms with E-state index in [1.807, 2.05) is 39.8 Å². The molecule has 1 aromatic carbocycles. The molecule has 3 N–H and O–H groups in total. The maximum Gasteiger partial charge on any atom is 0.237 e. The number of para-hydroxylation sites is 1. The minimum Gasteiger partial charge on any atom is -0.508 e. The van der Waals surface area contributed by atoms with Crippen LogP contribution in [0.15, 0.2) is 24.3 Å². The second-order valence-corrected chi connectivity index (χ2v) is 5.07. The fraction of sp³-hybridized carbons (Fsp3) is 0.533. The maximum atomic E-state index is 11.9. The molecule has 0 radical (unpaired) electrons. The minimum atomic E-state index is -0.299. The van der Waals surface area contributed by atoms with Crippen molar-refractivity contribution in [3.05, 3.63) is 29.8 Å². The van der Waals surface area contributed by atoms with E-state index in [-0.39, 0.29) is 29.8 Å². The number of hydrogen-bond acceptors (Lipinski definition) is 3. The largest absolute Gasteiger partial charge is 0.508 e. The van der Waals surface area contributed by atoms with E-state index in [2.05, 4.69) is 10.6 Å². The highest BCUT2D eigenvalue weighted by Crippen LogP contribution is 2.26. The highest BCUT2D eigenvalue weighted by molar-refractivity contribution is 5.81. The molecule has 0 spiro atoms. The Kier molecular flexibility index (Phi) is 5.83. The van der Waals surface area contributed by atoms with E-state index >= 15 is 0 Å². The first-order valence-corrected chi connectivity index (χ1v) is 6.80. The van der Waals surface area contributed by atoms with E-state index in [0.717, 1.165) is 12.0 Å². The van der Waals surface area contributed by atoms with Crippen LogP contribution in [0.2, 0.25) is 0 Å². The summed E-state index contributed by atoms with van der Waals surface area (Å²) in [5.74, 6) is 0.238. The van der Waals surface area contributed by atoms with Crippen molar-refractivity contribution in [3.8, 4) is 5.75 Å². The second-order valence-electron chi connectivity index (χ2n) is 5.07. The van der Waals surface area contributed by atoms with Crippen LogP contribution in [0.5, 0.6) is 5.75 Å². The normalized spacial score (nSPS) is 14.2. The zero-order valence-electron chi connectivity index (χ0n) is 12.1. The number of carbonyl (C=O) groups is 1. The van der Waals surface area contributed by atoms with E-state index in [0.29, 0.717) is 0 Å². The summed E-state index contributed by atoms with van der Waals surface area (Å²) in [5.41, 5.74) is 0.828. The number of nitrogens with one attached hydrogen (secondary N) is 2. The molecule has 2 unspecified atom stereocenters. The molecule has 0 saturated carbocycles. The van der Waals surface area contributed by atoms with E-state index in [4.69, 9.17) is 0 Å². The number of rotatable bonds is 6. The molecule has 0 aliphatic carbocycles. The van der Waals surface area contributed by atoms with Gasteiger partial charge >= 0.3 is 0 Å². The van der Waals surface area contributed by atoms with Crippen molar-refractivity contribution in [1.29, 1.82) is 0 Å².